The Morgan fingerprint density at radius 1 is 1.08 bits per heavy atom. The third kappa shape index (κ3) is 1.62. The number of carbonyl (C=O) groups excluding carboxylic acids is 1. The molecule has 3 N–H and O–H groups in total. The van der Waals surface area contributed by atoms with Crippen LogP contribution in [0.5, 0.6) is 17.2 Å². The van der Waals surface area contributed by atoms with Gasteiger partial charge in [0, 0.05) is 28.8 Å². The van der Waals surface area contributed by atoms with Crippen LogP contribution in [0.2, 0.25) is 0 Å². The zero-order valence-electron chi connectivity index (χ0n) is 15.6. The van der Waals surface area contributed by atoms with Crippen LogP contribution in [0.4, 0.5) is 0 Å². The maximum Gasteiger partial charge on any atom is 0.214 e. The van der Waals surface area contributed by atoms with E-state index in [1.807, 2.05) is 6.92 Å². The largest absolute Gasteiger partial charge is 0.507 e. The van der Waals surface area contributed by atoms with Crippen molar-refractivity contribution in [1.82, 2.24) is 0 Å². The predicted octanol–water partition coefficient (Wildman–Crippen LogP) is 2.64. The van der Waals surface area contributed by atoms with Crippen LogP contribution < -0.4 is 9.47 Å². The number of carbonyl (C=O) groups is 1. The molecule has 138 valence electrons. The van der Waals surface area contributed by atoms with Crippen LogP contribution in [0.25, 0.3) is 10.8 Å². The summed E-state index contributed by atoms with van der Waals surface area (Å²) in [6, 6.07) is 1.73. The molecule has 6 heteroatoms. The Labute approximate surface area is 151 Å². The molecule has 26 heavy (non-hydrogen) atoms. The van der Waals surface area contributed by atoms with Gasteiger partial charge in [-0.25, -0.2) is 0 Å². The van der Waals surface area contributed by atoms with Crippen LogP contribution in [0, 0.1) is 6.92 Å². The summed E-state index contributed by atoms with van der Waals surface area (Å²) in [4.78, 5) is 13.0. The quantitative estimate of drug-likeness (QED) is 0.725. The van der Waals surface area contributed by atoms with Gasteiger partial charge in [-0.3, -0.25) is 4.79 Å². The van der Waals surface area contributed by atoms with Crippen molar-refractivity contribution in [3.05, 3.63) is 28.3 Å². The zero-order valence-corrected chi connectivity index (χ0v) is 15.6. The summed E-state index contributed by atoms with van der Waals surface area (Å²) in [5.41, 5.74) is -1.29. The Kier molecular flexibility index (Phi) is 2.97. The summed E-state index contributed by atoms with van der Waals surface area (Å²) < 4.78 is 11.3. The first kappa shape index (κ1) is 17.1. The Hall–Kier alpha value is -2.31. The number of ketones is 1. The highest BCUT2D eigenvalue weighted by Crippen LogP contribution is 2.60. The van der Waals surface area contributed by atoms with Gasteiger partial charge in [0.2, 0.25) is 11.6 Å². The highest BCUT2D eigenvalue weighted by atomic mass is 16.6. The van der Waals surface area contributed by atoms with E-state index in [4.69, 9.17) is 9.47 Å². The van der Waals surface area contributed by atoms with E-state index in [1.165, 1.54) is 21.0 Å². The Bertz CT molecular complexity index is 1010. The molecule has 0 aromatic heterocycles. The molecule has 0 saturated heterocycles. The van der Waals surface area contributed by atoms with Gasteiger partial charge in [-0.1, -0.05) is 0 Å². The summed E-state index contributed by atoms with van der Waals surface area (Å²) in [7, 11) is 1.47. The maximum absolute atomic E-state index is 13.0. The van der Waals surface area contributed by atoms with Gasteiger partial charge in [0.05, 0.1) is 18.1 Å². The van der Waals surface area contributed by atoms with Crippen LogP contribution in [-0.4, -0.2) is 34.0 Å². The molecule has 0 fully saturated rings. The van der Waals surface area contributed by atoms with Crippen molar-refractivity contribution in [2.75, 3.05) is 7.11 Å². The molecule has 0 amide bonds. The van der Waals surface area contributed by atoms with Gasteiger partial charge in [0.25, 0.3) is 0 Å². The zero-order chi connectivity index (χ0) is 19.4. The van der Waals surface area contributed by atoms with Crippen molar-refractivity contribution in [2.45, 2.75) is 51.4 Å². The number of hydrogen-bond donors (Lipinski definition) is 3. The van der Waals surface area contributed by atoms with E-state index in [2.05, 4.69) is 0 Å². The minimum Gasteiger partial charge on any atom is -0.507 e. The second-order valence-corrected chi connectivity index (χ2v) is 8.06. The topological polar surface area (TPSA) is 96.2 Å². The molecule has 1 heterocycles. The van der Waals surface area contributed by atoms with E-state index >= 15 is 0 Å². The number of benzene rings is 2. The average molecular weight is 358 g/mol. The number of fused-ring (bicyclic) bond motifs is 2. The highest BCUT2D eigenvalue weighted by molar-refractivity contribution is 6.24. The molecule has 2 aromatic carbocycles. The lowest BCUT2D eigenvalue weighted by Gasteiger charge is -2.31. The van der Waals surface area contributed by atoms with Crippen molar-refractivity contribution in [3.63, 3.8) is 0 Å². The highest BCUT2D eigenvalue weighted by Gasteiger charge is 2.56. The second kappa shape index (κ2) is 4.50. The summed E-state index contributed by atoms with van der Waals surface area (Å²) >= 11 is 0. The lowest BCUT2D eigenvalue weighted by molar-refractivity contribution is -0.148. The number of aryl methyl sites for hydroxylation is 1. The van der Waals surface area contributed by atoms with Gasteiger partial charge in [-0.2, -0.15) is 0 Å². The van der Waals surface area contributed by atoms with Crippen molar-refractivity contribution < 1.29 is 29.6 Å². The van der Waals surface area contributed by atoms with E-state index in [0.29, 0.717) is 33.4 Å². The lowest BCUT2D eigenvalue weighted by Crippen LogP contribution is -2.44. The summed E-state index contributed by atoms with van der Waals surface area (Å²) in [6.07, 6.45) is 0. The maximum atomic E-state index is 13.0. The van der Waals surface area contributed by atoms with Crippen molar-refractivity contribution in [3.8, 4) is 17.2 Å². The summed E-state index contributed by atoms with van der Waals surface area (Å²) in [5, 5.41) is 33.7. The molecule has 0 spiro atoms. The molecule has 0 saturated carbocycles. The van der Waals surface area contributed by atoms with E-state index in [1.54, 1.807) is 19.9 Å². The number of phenolic OH excluding ortho intramolecular Hbond substituents is 1. The van der Waals surface area contributed by atoms with Crippen LogP contribution >= 0.6 is 0 Å². The summed E-state index contributed by atoms with van der Waals surface area (Å²) in [6.45, 7) is 8.25. The fourth-order valence-corrected chi connectivity index (χ4v) is 4.27. The molecular weight excluding hydrogens is 336 g/mol. The molecule has 0 bridgehead atoms. The van der Waals surface area contributed by atoms with Crippen molar-refractivity contribution in [2.24, 2.45) is 0 Å². The SMILES string of the molecule is COc1cc(C)c2c3c(c(O)c4c2c1C(C)(O)C4=O)C(C)(C)C(C)(O)O3. The van der Waals surface area contributed by atoms with E-state index < -0.39 is 22.6 Å². The van der Waals surface area contributed by atoms with Gasteiger partial charge < -0.3 is 24.8 Å². The van der Waals surface area contributed by atoms with Gasteiger partial charge in [-0.15, -0.1) is 0 Å². The molecule has 1 aliphatic heterocycles. The lowest BCUT2D eigenvalue weighted by atomic mass is 9.77. The van der Waals surface area contributed by atoms with Gasteiger partial charge >= 0.3 is 0 Å². The normalized spacial score (nSPS) is 28.4. The number of phenols is 1. The standard InChI is InChI=1S/C20H22O6/c1-8-7-9(25-6)13-11-10(8)16-14(18(2,3)20(5,24)26-16)15(21)12(11)17(22)19(13,4)23/h7,21,23-24H,1-6H3. The van der Waals surface area contributed by atoms with E-state index in [0.717, 1.165) is 5.56 Å². The number of aromatic hydroxyl groups is 1. The third-order valence-electron chi connectivity index (χ3n) is 6.13. The minimum absolute atomic E-state index is 0.0510. The van der Waals surface area contributed by atoms with Gasteiger partial charge in [0.1, 0.15) is 17.2 Å². The smallest absolute Gasteiger partial charge is 0.214 e. The monoisotopic (exact) mass is 358 g/mol. The van der Waals surface area contributed by atoms with E-state index in [-0.39, 0.29) is 11.3 Å². The first-order valence-corrected chi connectivity index (χ1v) is 8.47. The van der Waals surface area contributed by atoms with Crippen LogP contribution in [0.1, 0.15) is 54.7 Å². The predicted molar refractivity (Wildman–Crippen MR) is 95.1 cm³/mol. The second-order valence-electron chi connectivity index (χ2n) is 8.06. The summed E-state index contributed by atoms with van der Waals surface area (Å²) in [5.74, 6) is -1.70. The number of hydrogen-bond acceptors (Lipinski definition) is 6. The molecule has 6 nitrogen and oxygen atoms in total. The molecule has 2 unspecified atom stereocenters. The first-order valence-electron chi connectivity index (χ1n) is 8.47. The number of Topliss-reactive ketones (excluding diaryl/α,β-unsaturated/α-hetero) is 1. The average Bonchev–Trinajstić information content (AvgIpc) is 2.83. The number of methoxy groups -OCH3 is 1. The Morgan fingerprint density at radius 2 is 1.69 bits per heavy atom. The minimum atomic E-state index is -1.82. The Morgan fingerprint density at radius 3 is 2.27 bits per heavy atom. The molecule has 2 aromatic rings. The van der Waals surface area contributed by atoms with Crippen LogP contribution in [0.3, 0.4) is 0 Å². The van der Waals surface area contributed by atoms with E-state index in [9.17, 15) is 20.1 Å². The number of rotatable bonds is 1. The van der Waals surface area contributed by atoms with Crippen molar-refractivity contribution >= 4 is 16.6 Å². The molecule has 2 atom stereocenters. The van der Waals surface area contributed by atoms with Gasteiger partial charge in [0.15, 0.2) is 5.60 Å². The van der Waals surface area contributed by atoms with Gasteiger partial charge in [-0.05, 0) is 39.3 Å². The first-order chi connectivity index (χ1) is 11.9. The fraction of sp³-hybridized carbons (Fsp3) is 0.450. The number of aliphatic hydroxyl groups is 2. The molecule has 0 radical (unpaired) electrons. The molecular formula is C20H22O6. The Balaban J connectivity index is 2.30. The molecule has 4 rings (SSSR count). The van der Waals surface area contributed by atoms with Crippen molar-refractivity contribution in [1.29, 1.82) is 0 Å². The van der Waals surface area contributed by atoms with Crippen LogP contribution in [-0.2, 0) is 11.0 Å². The third-order valence-corrected chi connectivity index (χ3v) is 6.13. The molecule has 2 aliphatic rings. The molecule has 1 aliphatic carbocycles. The van der Waals surface area contributed by atoms with Crippen LogP contribution in [0.15, 0.2) is 6.07 Å². The number of ether oxygens (including phenoxy) is 2. The fourth-order valence-electron chi connectivity index (χ4n) is 4.27.